The van der Waals surface area contributed by atoms with Gasteiger partial charge in [-0.1, -0.05) is 0 Å². The van der Waals surface area contributed by atoms with Crippen molar-refractivity contribution in [3.05, 3.63) is 18.3 Å². The molecule has 0 fully saturated rings. The van der Waals surface area contributed by atoms with Crippen molar-refractivity contribution in [1.29, 1.82) is 5.26 Å². The Kier molecular flexibility index (Phi) is 4.62. The predicted molar refractivity (Wildman–Crippen MR) is 63.9 cm³/mol. The largest absolute Gasteiger partial charge is 0.396 e. The molecule has 0 aromatic carbocycles. The van der Waals surface area contributed by atoms with Crippen LogP contribution in [0, 0.1) is 11.3 Å². The summed E-state index contributed by atoms with van der Waals surface area (Å²) in [5.74, 6) is -1.42. The van der Waals surface area contributed by atoms with Crippen LogP contribution in [-0.4, -0.2) is 31.6 Å². The minimum absolute atomic E-state index is 0.00215. The zero-order valence-corrected chi connectivity index (χ0v) is 10.3. The van der Waals surface area contributed by atoms with Gasteiger partial charge < -0.3 is 11.1 Å². The van der Waals surface area contributed by atoms with E-state index in [-0.39, 0.29) is 23.7 Å². The Labute approximate surface area is 105 Å². The number of anilines is 1. The Hall–Kier alpha value is -2.14. The lowest BCUT2D eigenvalue weighted by atomic mass is 10.4. The molecule has 1 aromatic rings. The summed E-state index contributed by atoms with van der Waals surface area (Å²) in [6.07, 6.45) is 1.41. The van der Waals surface area contributed by atoms with Crippen LogP contribution in [0.15, 0.2) is 23.4 Å². The molecule has 0 aliphatic carbocycles. The van der Waals surface area contributed by atoms with Crippen molar-refractivity contribution in [2.24, 2.45) is 0 Å². The van der Waals surface area contributed by atoms with Crippen molar-refractivity contribution < 1.29 is 13.2 Å². The monoisotopic (exact) mass is 268 g/mol. The van der Waals surface area contributed by atoms with Crippen LogP contribution in [0.2, 0.25) is 0 Å². The molecule has 8 heteroatoms. The van der Waals surface area contributed by atoms with Crippen LogP contribution in [0.5, 0.6) is 0 Å². The molecular weight excluding hydrogens is 256 g/mol. The first kappa shape index (κ1) is 13.9. The highest BCUT2D eigenvalue weighted by molar-refractivity contribution is 7.92. The van der Waals surface area contributed by atoms with Gasteiger partial charge in [0.05, 0.1) is 18.2 Å². The summed E-state index contributed by atoms with van der Waals surface area (Å²) in [5, 5.41) is 10.3. The van der Waals surface area contributed by atoms with Crippen LogP contribution in [0.3, 0.4) is 0 Å². The number of nitrogens with zero attached hydrogens (tertiary/aromatic N) is 2. The number of nitrogens with one attached hydrogen (secondary N) is 1. The summed E-state index contributed by atoms with van der Waals surface area (Å²) in [6, 6.07) is 4.73. The van der Waals surface area contributed by atoms with Gasteiger partial charge in [0, 0.05) is 12.7 Å². The first-order valence-electron chi connectivity index (χ1n) is 5.04. The first-order chi connectivity index (χ1) is 8.47. The van der Waals surface area contributed by atoms with Gasteiger partial charge in [-0.25, -0.2) is 13.4 Å². The molecule has 0 aliphatic heterocycles. The second-order valence-electron chi connectivity index (χ2n) is 3.41. The number of nitrogen functional groups attached to an aromatic ring is 1. The number of rotatable bonds is 5. The number of aromatic nitrogens is 1. The maximum absolute atomic E-state index is 11.8. The van der Waals surface area contributed by atoms with Crippen LogP contribution in [-0.2, 0) is 14.6 Å². The summed E-state index contributed by atoms with van der Waals surface area (Å²) in [4.78, 5) is 15.0. The zero-order valence-electron chi connectivity index (χ0n) is 9.46. The highest BCUT2D eigenvalue weighted by atomic mass is 32.2. The van der Waals surface area contributed by atoms with Crippen LogP contribution in [0.4, 0.5) is 5.69 Å². The van der Waals surface area contributed by atoms with E-state index in [9.17, 15) is 13.2 Å². The van der Waals surface area contributed by atoms with Gasteiger partial charge in [0.15, 0.2) is 5.03 Å². The van der Waals surface area contributed by atoms with Crippen molar-refractivity contribution in [2.45, 2.75) is 11.4 Å². The number of nitriles is 1. The molecule has 1 heterocycles. The van der Waals surface area contributed by atoms with Gasteiger partial charge >= 0.3 is 0 Å². The molecule has 18 heavy (non-hydrogen) atoms. The number of hydrogen-bond acceptors (Lipinski definition) is 6. The maximum Gasteiger partial charge on any atom is 0.235 e. The van der Waals surface area contributed by atoms with Gasteiger partial charge in [-0.05, 0) is 12.1 Å². The van der Waals surface area contributed by atoms with Gasteiger partial charge in [-0.15, -0.1) is 0 Å². The molecule has 3 N–H and O–H groups in total. The van der Waals surface area contributed by atoms with Crippen LogP contribution < -0.4 is 11.1 Å². The molecule has 0 spiro atoms. The fraction of sp³-hybridized carbons (Fsp3) is 0.300. The quantitative estimate of drug-likeness (QED) is 0.691. The molecule has 1 aromatic heterocycles. The van der Waals surface area contributed by atoms with Gasteiger partial charge in [-0.2, -0.15) is 5.26 Å². The topological polar surface area (TPSA) is 126 Å². The lowest BCUT2D eigenvalue weighted by molar-refractivity contribution is -0.118. The van der Waals surface area contributed by atoms with Crippen molar-refractivity contribution >= 4 is 21.4 Å². The number of nitrogens with two attached hydrogens (primary N) is 1. The SMILES string of the molecule is N#CCCNC(=O)CS(=O)(=O)c1ncccc1N. The molecule has 0 saturated carbocycles. The maximum atomic E-state index is 11.8. The standard InChI is InChI=1S/C10H12N4O3S/c11-4-2-6-13-9(15)7-18(16,17)10-8(12)3-1-5-14-10/h1,3,5H,2,6-7,12H2,(H,13,15). The first-order valence-corrected chi connectivity index (χ1v) is 6.69. The lowest BCUT2D eigenvalue weighted by Crippen LogP contribution is -2.31. The van der Waals surface area contributed by atoms with Gasteiger partial charge in [0.25, 0.3) is 0 Å². The molecule has 0 bridgehead atoms. The summed E-state index contributed by atoms with van der Waals surface area (Å²) < 4.78 is 23.7. The summed E-state index contributed by atoms with van der Waals surface area (Å²) in [6.45, 7) is 0.114. The van der Waals surface area contributed by atoms with E-state index in [2.05, 4.69) is 10.3 Å². The molecule has 7 nitrogen and oxygen atoms in total. The van der Waals surface area contributed by atoms with E-state index in [1.54, 1.807) is 0 Å². The lowest BCUT2D eigenvalue weighted by Gasteiger charge is -2.06. The van der Waals surface area contributed by atoms with Crippen molar-refractivity contribution in [1.82, 2.24) is 10.3 Å². The number of hydrogen-bond donors (Lipinski definition) is 2. The van der Waals surface area contributed by atoms with Crippen molar-refractivity contribution in [3.63, 3.8) is 0 Å². The van der Waals surface area contributed by atoms with Crippen LogP contribution in [0.25, 0.3) is 0 Å². The minimum Gasteiger partial charge on any atom is -0.396 e. The second kappa shape index (κ2) is 5.97. The van der Waals surface area contributed by atoms with E-state index in [0.29, 0.717) is 0 Å². The third-order valence-electron chi connectivity index (χ3n) is 1.98. The van der Waals surface area contributed by atoms with E-state index >= 15 is 0 Å². The van der Waals surface area contributed by atoms with E-state index in [0.717, 1.165) is 0 Å². The normalized spacial score (nSPS) is 10.6. The molecule has 0 aliphatic rings. The summed E-state index contributed by atoms with van der Waals surface area (Å²) in [5.41, 5.74) is 5.49. The second-order valence-corrected chi connectivity index (χ2v) is 5.32. The van der Waals surface area contributed by atoms with Crippen LogP contribution in [0.1, 0.15) is 6.42 Å². The number of sulfone groups is 1. The number of amides is 1. The minimum atomic E-state index is -3.86. The number of pyridine rings is 1. The van der Waals surface area contributed by atoms with E-state index in [1.165, 1.54) is 18.3 Å². The molecule has 1 rings (SSSR count). The molecular formula is C10H12N4O3S. The van der Waals surface area contributed by atoms with Gasteiger partial charge in [0.2, 0.25) is 15.7 Å². The van der Waals surface area contributed by atoms with Crippen LogP contribution >= 0.6 is 0 Å². The number of carbonyl (C=O) groups excluding carboxylic acids is 1. The van der Waals surface area contributed by atoms with E-state index in [4.69, 9.17) is 11.0 Å². The van der Waals surface area contributed by atoms with Gasteiger partial charge in [0.1, 0.15) is 5.75 Å². The Balaban J connectivity index is 2.75. The average Bonchev–Trinajstić information content (AvgIpc) is 2.29. The highest BCUT2D eigenvalue weighted by Crippen LogP contribution is 2.15. The van der Waals surface area contributed by atoms with Crippen molar-refractivity contribution in [2.75, 3.05) is 18.0 Å². The molecule has 0 saturated heterocycles. The fourth-order valence-corrected chi connectivity index (χ4v) is 2.45. The average molecular weight is 268 g/mol. The van der Waals surface area contributed by atoms with E-state index < -0.39 is 21.5 Å². The fourth-order valence-electron chi connectivity index (χ4n) is 1.21. The molecule has 96 valence electrons. The highest BCUT2D eigenvalue weighted by Gasteiger charge is 2.22. The zero-order chi connectivity index (χ0) is 13.6. The third-order valence-corrected chi connectivity index (χ3v) is 3.55. The van der Waals surface area contributed by atoms with Crippen molar-refractivity contribution in [3.8, 4) is 6.07 Å². The van der Waals surface area contributed by atoms with Gasteiger partial charge in [-0.3, -0.25) is 4.79 Å². The molecule has 0 unspecified atom stereocenters. The molecule has 0 radical (unpaired) electrons. The summed E-state index contributed by atoms with van der Waals surface area (Å²) >= 11 is 0. The Bertz CT molecular complexity index is 577. The Morgan fingerprint density at radius 3 is 2.89 bits per heavy atom. The smallest absolute Gasteiger partial charge is 0.235 e. The third kappa shape index (κ3) is 3.71. The Morgan fingerprint density at radius 1 is 1.56 bits per heavy atom. The molecule has 1 amide bonds. The van der Waals surface area contributed by atoms with E-state index in [1.807, 2.05) is 6.07 Å². The Morgan fingerprint density at radius 2 is 2.28 bits per heavy atom. The number of carbonyl (C=O) groups is 1. The molecule has 0 atom stereocenters. The summed E-state index contributed by atoms with van der Waals surface area (Å²) in [7, 11) is -3.86. The predicted octanol–water partition coefficient (Wildman–Crippen LogP) is -0.533.